The third-order valence-corrected chi connectivity index (χ3v) is 2.31. The Hall–Kier alpha value is -1.18. The maximum Gasteiger partial charge on any atom is 0.328 e. The Morgan fingerprint density at radius 2 is 2.40 bits per heavy atom. The first-order valence-electron chi connectivity index (χ1n) is 4.15. The predicted octanol–water partition coefficient (Wildman–Crippen LogP) is -0.0776. The Morgan fingerprint density at radius 3 is 3.07 bits per heavy atom. The number of pyridine rings is 1. The van der Waals surface area contributed by atoms with Crippen LogP contribution in [-0.4, -0.2) is 10.5 Å². The average molecular weight is 276 g/mol. The van der Waals surface area contributed by atoms with Crippen molar-refractivity contribution >= 4 is 21.9 Å². The molecule has 15 heavy (non-hydrogen) atoms. The van der Waals surface area contributed by atoms with E-state index in [1.807, 2.05) is 0 Å². The fraction of sp³-hybridized carbons (Fsp3) is 0.250. The van der Waals surface area contributed by atoms with Crippen LogP contribution in [0.3, 0.4) is 0 Å². The summed E-state index contributed by atoms with van der Waals surface area (Å²) in [4.78, 5) is 26.7. The summed E-state index contributed by atoms with van der Waals surface area (Å²) >= 11 is 3.10. The van der Waals surface area contributed by atoms with Crippen LogP contribution in [0.5, 0.6) is 0 Å². The zero-order valence-electron chi connectivity index (χ0n) is 7.77. The molecule has 0 unspecified atom stereocenters. The molecule has 82 valence electrons. The molecule has 0 bridgehead atoms. The first-order chi connectivity index (χ1) is 7.15. The smallest absolute Gasteiger partial charge is 0.328 e. The molecule has 0 aliphatic heterocycles. The largest absolute Gasteiger partial charge is 0.356 e. The number of aromatic nitrogens is 1. The molecule has 0 saturated carbocycles. The topological polar surface area (TPSA) is 86.3 Å². The molecule has 0 atom stereocenters. The highest BCUT2D eigenvalue weighted by molar-refractivity contribution is 9.10. The summed E-state index contributed by atoms with van der Waals surface area (Å²) in [6, 6.07) is 3.34. The van der Waals surface area contributed by atoms with Crippen molar-refractivity contribution in [3.8, 4) is 0 Å². The molecule has 0 aliphatic carbocycles. The fourth-order valence-corrected chi connectivity index (χ4v) is 1.39. The van der Waals surface area contributed by atoms with Gasteiger partial charge < -0.3 is 9.40 Å². The summed E-state index contributed by atoms with van der Waals surface area (Å²) < 4.78 is 1.86. The van der Waals surface area contributed by atoms with Crippen LogP contribution in [0.25, 0.3) is 0 Å². The molecule has 0 aromatic carbocycles. The van der Waals surface area contributed by atoms with Gasteiger partial charge in [0.2, 0.25) is 0 Å². The Morgan fingerprint density at radius 1 is 1.67 bits per heavy atom. The summed E-state index contributed by atoms with van der Waals surface area (Å²) in [5.74, 6) is 4.26. The number of nitrogens with two attached hydrogens (primary N) is 1. The number of nitrogens with zero attached hydrogens (tertiary/aromatic N) is 1. The Kier molecular flexibility index (Phi) is 4.47. The van der Waals surface area contributed by atoms with Crippen molar-refractivity contribution in [2.75, 3.05) is 0 Å². The van der Waals surface area contributed by atoms with E-state index in [4.69, 9.17) is 5.84 Å². The first-order valence-corrected chi connectivity index (χ1v) is 4.94. The summed E-state index contributed by atoms with van der Waals surface area (Å²) in [5.41, 5.74) is 1.59. The number of hydrazine groups is 1. The Bertz CT molecular complexity index is 404. The second-order valence-corrected chi connectivity index (χ2v) is 3.55. The number of hydrogen-bond acceptors (Lipinski definition) is 5. The van der Waals surface area contributed by atoms with Crippen molar-refractivity contribution in [2.24, 2.45) is 5.84 Å². The molecule has 1 heterocycles. The lowest BCUT2D eigenvalue weighted by molar-refractivity contribution is -0.151. The van der Waals surface area contributed by atoms with Gasteiger partial charge in [-0.05, 0) is 28.1 Å². The van der Waals surface area contributed by atoms with Crippen molar-refractivity contribution < 1.29 is 9.63 Å². The van der Waals surface area contributed by atoms with Gasteiger partial charge in [-0.25, -0.2) is 5.84 Å². The monoisotopic (exact) mass is 275 g/mol. The van der Waals surface area contributed by atoms with Gasteiger partial charge in [0.15, 0.2) is 0 Å². The highest BCUT2D eigenvalue weighted by atomic mass is 79.9. The molecule has 1 rings (SSSR count). The van der Waals surface area contributed by atoms with Gasteiger partial charge in [-0.15, -0.1) is 0 Å². The second-order valence-electron chi connectivity index (χ2n) is 2.70. The van der Waals surface area contributed by atoms with E-state index in [0.29, 0.717) is 4.47 Å². The third-order valence-electron chi connectivity index (χ3n) is 1.70. The SMILES string of the molecule is NNOC(=O)CCn1cccc(Br)c1=O. The zero-order chi connectivity index (χ0) is 11.3. The van der Waals surface area contributed by atoms with Gasteiger partial charge in [-0.3, -0.25) is 9.59 Å². The van der Waals surface area contributed by atoms with Crippen molar-refractivity contribution in [2.45, 2.75) is 13.0 Å². The average Bonchev–Trinajstić information content (AvgIpc) is 2.21. The van der Waals surface area contributed by atoms with Crippen LogP contribution in [-0.2, 0) is 16.2 Å². The van der Waals surface area contributed by atoms with E-state index in [1.54, 1.807) is 23.9 Å². The zero-order valence-corrected chi connectivity index (χ0v) is 9.36. The van der Waals surface area contributed by atoms with Crippen molar-refractivity contribution in [1.29, 1.82) is 0 Å². The first kappa shape index (κ1) is 11.9. The molecule has 0 fully saturated rings. The molecular weight excluding hydrogens is 266 g/mol. The molecule has 0 aliphatic rings. The van der Waals surface area contributed by atoms with Crippen LogP contribution in [0.4, 0.5) is 0 Å². The number of halogens is 1. The lowest BCUT2D eigenvalue weighted by Gasteiger charge is -2.04. The Balaban J connectivity index is 2.62. The van der Waals surface area contributed by atoms with Crippen LogP contribution in [0.2, 0.25) is 0 Å². The summed E-state index contributed by atoms with van der Waals surface area (Å²) in [5, 5.41) is 0. The van der Waals surface area contributed by atoms with Crippen molar-refractivity contribution in [3.63, 3.8) is 0 Å². The number of carbonyl (C=O) groups excluding carboxylic acids is 1. The molecular formula is C8H10BrN3O3. The summed E-state index contributed by atoms with van der Waals surface area (Å²) in [6.07, 6.45) is 1.66. The minimum absolute atomic E-state index is 0.0700. The van der Waals surface area contributed by atoms with Gasteiger partial charge in [-0.1, -0.05) is 5.59 Å². The van der Waals surface area contributed by atoms with Crippen molar-refractivity contribution in [1.82, 2.24) is 10.2 Å². The normalized spacial score (nSPS) is 10.0. The molecule has 0 amide bonds. The van der Waals surface area contributed by atoms with Crippen LogP contribution in [0.1, 0.15) is 6.42 Å². The van der Waals surface area contributed by atoms with Gasteiger partial charge >= 0.3 is 5.97 Å². The second kappa shape index (κ2) is 5.64. The molecule has 6 nitrogen and oxygen atoms in total. The van der Waals surface area contributed by atoms with Crippen LogP contribution in [0.15, 0.2) is 27.6 Å². The predicted molar refractivity (Wildman–Crippen MR) is 56.4 cm³/mol. The van der Waals surface area contributed by atoms with E-state index < -0.39 is 5.97 Å². The van der Waals surface area contributed by atoms with Crippen LogP contribution >= 0.6 is 15.9 Å². The number of aryl methyl sites for hydroxylation is 1. The number of hydrogen-bond donors (Lipinski definition) is 2. The quantitative estimate of drug-likeness (QED) is 0.593. The van der Waals surface area contributed by atoms with Gasteiger partial charge in [-0.2, -0.15) is 0 Å². The Labute approximate surface area is 94.1 Å². The molecule has 1 aromatic heterocycles. The molecule has 0 spiro atoms. The van der Waals surface area contributed by atoms with Gasteiger partial charge in [0.25, 0.3) is 5.56 Å². The number of carbonyl (C=O) groups is 1. The fourth-order valence-electron chi connectivity index (χ4n) is 1.01. The molecule has 7 heteroatoms. The molecule has 0 saturated heterocycles. The number of nitrogens with one attached hydrogen (secondary N) is 1. The van der Waals surface area contributed by atoms with Gasteiger partial charge in [0, 0.05) is 12.7 Å². The number of rotatable bonds is 4. The molecule has 1 aromatic rings. The van der Waals surface area contributed by atoms with E-state index in [2.05, 4.69) is 20.8 Å². The van der Waals surface area contributed by atoms with E-state index in [0.717, 1.165) is 0 Å². The summed E-state index contributed by atoms with van der Waals surface area (Å²) in [7, 11) is 0. The van der Waals surface area contributed by atoms with E-state index in [1.165, 1.54) is 4.57 Å². The van der Waals surface area contributed by atoms with Crippen LogP contribution < -0.4 is 17.0 Å². The van der Waals surface area contributed by atoms with E-state index >= 15 is 0 Å². The molecule has 3 N–H and O–H groups in total. The summed E-state index contributed by atoms with van der Waals surface area (Å²) in [6.45, 7) is 0.249. The van der Waals surface area contributed by atoms with E-state index in [-0.39, 0.29) is 18.5 Å². The lowest BCUT2D eigenvalue weighted by Crippen LogP contribution is -2.28. The highest BCUT2D eigenvalue weighted by Gasteiger charge is 2.04. The minimum Gasteiger partial charge on any atom is -0.356 e. The maximum absolute atomic E-state index is 11.5. The third kappa shape index (κ3) is 3.46. The molecule has 0 radical (unpaired) electrons. The van der Waals surface area contributed by atoms with Crippen LogP contribution in [0, 0.1) is 0 Å². The standard InChI is InChI=1S/C8H10BrN3O3/c9-6-2-1-4-12(8(6)14)5-3-7(13)15-11-10/h1-2,4,11H,3,5,10H2. The maximum atomic E-state index is 11.5. The van der Waals surface area contributed by atoms with Crippen molar-refractivity contribution in [3.05, 3.63) is 33.2 Å². The van der Waals surface area contributed by atoms with Gasteiger partial charge in [0.05, 0.1) is 10.9 Å². The highest BCUT2D eigenvalue weighted by Crippen LogP contribution is 2.01. The van der Waals surface area contributed by atoms with E-state index in [9.17, 15) is 9.59 Å². The lowest BCUT2D eigenvalue weighted by atomic mass is 10.4. The minimum atomic E-state index is -0.524. The van der Waals surface area contributed by atoms with Gasteiger partial charge in [0.1, 0.15) is 0 Å².